The SMILES string of the molecule is O=C(O)CONC(=O)Nc1cc(F)c(F)c(F)c1. The Morgan fingerprint density at radius 2 is 1.78 bits per heavy atom. The normalized spacial score (nSPS) is 9.94. The summed E-state index contributed by atoms with van der Waals surface area (Å²) >= 11 is 0. The average Bonchev–Trinajstić information content (AvgIpc) is 2.25. The van der Waals surface area contributed by atoms with Gasteiger partial charge in [0.25, 0.3) is 0 Å². The van der Waals surface area contributed by atoms with Crippen LogP contribution in [0.4, 0.5) is 23.7 Å². The molecule has 0 saturated carbocycles. The summed E-state index contributed by atoms with van der Waals surface area (Å²) in [5.74, 6) is -5.94. The summed E-state index contributed by atoms with van der Waals surface area (Å²) in [5.41, 5.74) is 1.29. The minimum absolute atomic E-state index is 0.358. The van der Waals surface area contributed by atoms with E-state index in [0.29, 0.717) is 12.1 Å². The zero-order valence-corrected chi connectivity index (χ0v) is 8.67. The van der Waals surface area contributed by atoms with Crippen molar-refractivity contribution in [2.75, 3.05) is 11.9 Å². The summed E-state index contributed by atoms with van der Waals surface area (Å²) in [4.78, 5) is 25.2. The molecule has 0 spiro atoms. The summed E-state index contributed by atoms with van der Waals surface area (Å²) in [6, 6.07) is 0.0337. The second-order valence-corrected chi connectivity index (χ2v) is 2.99. The third-order valence-electron chi connectivity index (χ3n) is 1.60. The number of carbonyl (C=O) groups is 2. The first-order chi connectivity index (χ1) is 8.40. The van der Waals surface area contributed by atoms with Gasteiger partial charge in [-0.1, -0.05) is 0 Å². The monoisotopic (exact) mass is 264 g/mol. The fraction of sp³-hybridized carbons (Fsp3) is 0.111. The molecule has 0 aromatic heterocycles. The van der Waals surface area contributed by atoms with Gasteiger partial charge in [0.15, 0.2) is 24.1 Å². The Kier molecular flexibility index (Phi) is 4.49. The van der Waals surface area contributed by atoms with Gasteiger partial charge in [-0.25, -0.2) is 28.2 Å². The Hall–Kier alpha value is -2.29. The van der Waals surface area contributed by atoms with Gasteiger partial charge in [0, 0.05) is 17.8 Å². The van der Waals surface area contributed by atoms with Crippen molar-refractivity contribution < 1.29 is 32.7 Å². The average molecular weight is 264 g/mol. The third kappa shape index (κ3) is 3.94. The van der Waals surface area contributed by atoms with Crippen LogP contribution in [-0.2, 0) is 9.63 Å². The van der Waals surface area contributed by atoms with Crippen molar-refractivity contribution in [3.63, 3.8) is 0 Å². The third-order valence-corrected chi connectivity index (χ3v) is 1.60. The molecule has 0 heterocycles. The molecule has 3 N–H and O–H groups in total. The maximum absolute atomic E-state index is 12.8. The maximum atomic E-state index is 12.8. The van der Waals surface area contributed by atoms with Crippen LogP contribution in [0.25, 0.3) is 0 Å². The molecule has 1 aromatic carbocycles. The molecular formula is C9H7F3N2O4. The molecule has 0 unspecified atom stereocenters. The summed E-state index contributed by atoms with van der Waals surface area (Å²) < 4.78 is 38.1. The number of hydrogen-bond acceptors (Lipinski definition) is 3. The number of carbonyl (C=O) groups excluding carboxylic acids is 1. The van der Waals surface area contributed by atoms with Crippen molar-refractivity contribution in [2.24, 2.45) is 0 Å². The highest BCUT2D eigenvalue weighted by Crippen LogP contribution is 2.17. The van der Waals surface area contributed by atoms with Crippen molar-refractivity contribution in [3.8, 4) is 0 Å². The Bertz CT molecular complexity index is 458. The van der Waals surface area contributed by atoms with Crippen molar-refractivity contribution in [1.82, 2.24) is 5.48 Å². The highest BCUT2D eigenvalue weighted by molar-refractivity contribution is 5.88. The Morgan fingerprint density at radius 3 is 2.28 bits per heavy atom. The lowest BCUT2D eigenvalue weighted by atomic mass is 10.3. The molecule has 9 heteroatoms. The lowest BCUT2D eigenvalue weighted by molar-refractivity contribution is -0.143. The zero-order valence-electron chi connectivity index (χ0n) is 8.67. The Labute approximate surface area is 98.3 Å². The largest absolute Gasteiger partial charge is 0.479 e. The molecule has 6 nitrogen and oxygen atoms in total. The van der Waals surface area contributed by atoms with Crippen molar-refractivity contribution >= 4 is 17.7 Å². The molecule has 0 fully saturated rings. The number of carboxylic acid groups (broad SMARTS) is 1. The fourth-order valence-electron chi connectivity index (χ4n) is 0.948. The first-order valence-electron chi connectivity index (χ1n) is 4.45. The summed E-state index contributed by atoms with van der Waals surface area (Å²) in [6.45, 7) is -0.792. The Morgan fingerprint density at radius 1 is 1.22 bits per heavy atom. The molecular weight excluding hydrogens is 257 g/mol. The first kappa shape index (κ1) is 13.8. The number of anilines is 1. The van der Waals surface area contributed by atoms with E-state index >= 15 is 0 Å². The second kappa shape index (κ2) is 5.87. The highest BCUT2D eigenvalue weighted by Gasteiger charge is 2.12. The number of carboxylic acids is 1. The van der Waals surface area contributed by atoms with Crippen LogP contribution in [0.1, 0.15) is 0 Å². The van der Waals surface area contributed by atoms with E-state index in [1.54, 1.807) is 5.48 Å². The Balaban J connectivity index is 2.57. The van der Waals surface area contributed by atoms with Crippen molar-refractivity contribution in [2.45, 2.75) is 0 Å². The number of amides is 2. The summed E-state index contributed by atoms with van der Waals surface area (Å²) in [5, 5.41) is 10.1. The minimum atomic E-state index is -1.66. The van der Waals surface area contributed by atoms with Gasteiger partial charge in [-0.3, -0.25) is 4.84 Å². The number of nitrogens with one attached hydrogen (secondary N) is 2. The smallest absolute Gasteiger partial charge is 0.343 e. The van der Waals surface area contributed by atoms with Crippen LogP contribution in [0.2, 0.25) is 0 Å². The van der Waals surface area contributed by atoms with E-state index in [9.17, 15) is 22.8 Å². The van der Waals surface area contributed by atoms with E-state index < -0.39 is 36.1 Å². The predicted octanol–water partition coefficient (Wildman–Crippen LogP) is 1.24. The van der Waals surface area contributed by atoms with Crippen LogP contribution < -0.4 is 10.8 Å². The highest BCUT2D eigenvalue weighted by atomic mass is 19.2. The summed E-state index contributed by atoms with van der Waals surface area (Å²) in [7, 11) is 0. The zero-order chi connectivity index (χ0) is 13.7. The molecule has 0 aliphatic carbocycles. The van der Waals surface area contributed by atoms with Gasteiger partial charge in [0.05, 0.1) is 0 Å². The van der Waals surface area contributed by atoms with Gasteiger partial charge in [0.2, 0.25) is 0 Å². The van der Waals surface area contributed by atoms with Crippen LogP contribution in [0, 0.1) is 17.5 Å². The molecule has 0 aliphatic rings. The lowest BCUT2D eigenvalue weighted by Gasteiger charge is -2.07. The number of hydrogen-bond donors (Lipinski definition) is 3. The molecule has 18 heavy (non-hydrogen) atoms. The van der Waals surface area contributed by atoms with E-state index in [4.69, 9.17) is 5.11 Å². The van der Waals surface area contributed by atoms with Crippen LogP contribution >= 0.6 is 0 Å². The molecule has 2 amide bonds. The molecule has 1 rings (SSSR count). The topological polar surface area (TPSA) is 87.7 Å². The van der Waals surface area contributed by atoms with E-state index in [1.165, 1.54) is 0 Å². The van der Waals surface area contributed by atoms with Crippen LogP contribution in [-0.4, -0.2) is 23.7 Å². The number of urea groups is 1. The van der Waals surface area contributed by atoms with Gasteiger partial charge >= 0.3 is 12.0 Å². The van der Waals surface area contributed by atoms with E-state index in [-0.39, 0.29) is 5.69 Å². The first-order valence-corrected chi connectivity index (χ1v) is 4.45. The maximum Gasteiger partial charge on any atom is 0.343 e. The van der Waals surface area contributed by atoms with E-state index in [2.05, 4.69) is 4.84 Å². The quantitative estimate of drug-likeness (QED) is 0.564. The van der Waals surface area contributed by atoms with Crippen molar-refractivity contribution in [3.05, 3.63) is 29.6 Å². The van der Waals surface area contributed by atoms with Gasteiger partial charge in [-0.2, -0.15) is 0 Å². The predicted molar refractivity (Wildman–Crippen MR) is 52.1 cm³/mol. The summed E-state index contributed by atoms with van der Waals surface area (Å²) in [6.07, 6.45) is 0. The van der Waals surface area contributed by atoms with Gasteiger partial charge in [-0.05, 0) is 0 Å². The molecule has 98 valence electrons. The van der Waals surface area contributed by atoms with Crippen molar-refractivity contribution in [1.29, 1.82) is 0 Å². The number of aliphatic carboxylic acids is 1. The minimum Gasteiger partial charge on any atom is -0.479 e. The van der Waals surface area contributed by atoms with E-state index in [0.717, 1.165) is 0 Å². The van der Waals surface area contributed by atoms with Crippen LogP contribution in [0.3, 0.4) is 0 Å². The molecule has 0 saturated heterocycles. The number of hydroxylamine groups is 1. The van der Waals surface area contributed by atoms with Gasteiger partial charge < -0.3 is 10.4 Å². The van der Waals surface area contributed by atoms with Crippen LogP contribution in [0.15, 0.2) is 12.1 Å². The molecule has 0 radical (unpaired) electrons. The fourth-order valence-corrected chi connectivity index (χ4v) is 0.948. The second-order valence-electron chi connectivity index (χ2n) is 2.99. The standard InChI is InChI=1S/C9H7F3N2O4/c10-5-1-4(2-6(11)8(5)12)13-9(17)14-18-3-7(15)16/h1-2H,3H2,(H,15,16)(H2,13,14,17). The molecule has 1 aromatic rings. The molecule has 0 atom stereocenters. The lowest BCUT2D eigenvalue weighted by Crippen LogP contribution is -2.30. The number of halogens is 3. The van der Waals surface area contributed by atoms with Gasteiger partial charge in [0.1, 0.15) is 0 Å². The van der Waals surface area contributed by atoms with Gasteiger partial charge in [-0.15, -0.1) is 0 Å². The number of rotatable bonds is 4. The van der Waals surface area contributed by atoms with E-state index in [1.807, 2.05) is 5.32 Å². The number of benzene rings is 1. The molecule has 0 bridgehead atoms. The van der Waals surface area contributed by atoms with Crippen LogP contribution in [0.5, 0.6) is 0 Å². The molecule has 0 aliphatic heterocycles.